The number of amides is 3. The van der Waals surface area contributed by atoms with Crippen LogP contribution in [0.5, 0.6) is 0 Å². The van der Waals surface area contributed by atoms with Crippen LogP contribution in [0.3, 0.4) is 0 Å². The zero-order valence-electron chi connectivity index (χ0n) is 52.5. The van der Waals surface area contributed by atoms with Crippen molar-refractivity contribution in [2.24, 2.45) is 27.6 Å². The predicted octanol–water partition coefficient (Wildman–Crippen LogP) is 12.4. The Morgan fingerprint density at radius 1 is 0.758 bits per heavy atom. The summed E-state index contributed by atoms with van der Waals surface area (Å²) in [5, 5.41) is 0.433. The van der Waals surface area contributed by atoms with Gasteiger partial charge in [-0.1, -0.05) is 77.2 Å². The van der Waals surface area contributed by atoms with E-state index in [2.05, 4.69) is 64.2 Å². The van der Waals surface area contributed by atoms with Crippen LogP contribution < -0.4 is 11.2 Å². The first kappa shape index (κ1) is 75.3. The molecule has 30 heteroatoms. The van der Waals surface area contributed by atoms with Gasteiger partial charge in [0.1, 0.15) is 45.6 Å². The van der Waals surface area contributed by atoms with Gasteiger partial charge in [-0.3, -0.25) is 29.5 Å². The number of rotatable bonds is 13. The zero-order valence-corrected chi connectivity index (χ0v) is 57.3. The van der Waals surface area contributed by atoms with Crippen LogP contribution >= 0.6 is 46.1 Å². The summed E-state index contributed by atoms with van der Waals surface area (Å²) >= 11 is 4.19. The molecule has 2 saturated carbocycles. The molecule has 3 fully saturated rings. The molecular formula is C61H80BF4IN14O7S2Si. The molecule has 91 heavy (non-hydrogen) atoms. The van der Waals surface area contributed by atoms with Crippen LogP contribution in [0, 0.1) is 36.9 Å². The Morgan fingerprint density at radius 3 is 1.70 bits per heavy atom. The summed E-state index contributed by atoms with van der Waals surface area (Å²) in [6.45, 7) is 37.2. The Morgan fingerprint density at radius 2 is 1.24 bits per heavy atom. The number of nitrogens with two attached hydrogens (primary N) is 1. The van der Waals surface area contributed by atoms with Gasteiger partial charge in [0.25, 0.3) is 11.6 Å². The van der Waals surface area contributed by atoms with Crippen LogP contribution in [0.15, 0.2) is 63.4 Å². The van der Waals surface area contributed by atoms with Crippen LogP contribution in [0.25, 0.3) is 27.4 Å². The van der Waals surface area contributed by atoms with Crippen molar-refractivity contribution in [3.05, 3.63) is 116 Å². The van der Waals surface area contributed by atoms with Gasteiger partial charge in [-0.2, -0.15) is 8.78 Å². The molecule has 3 amide bonds. The average Bonchev–Trinajstić information content (AvgIpc) is 1.54. The molecule has 0 bridgehead atoms. The molecule has 6 atom stereocenters. The highest BCUT2D eigenvalue weighted by atomic mass is 127. The Bertz CT molecular complexity index is 3590. The normalized spacial score (nSPS) is 24.1. The second kappa shape index (κ2) is 28.4. The Kier molecular flexibility index (Phi) is 23.5. The lowest BCUT2D eigenvalue weighted by molar-refractivity contribution is -0.130. The smallest absolute Gasteiger partial charge is 0.443 e. The van der Waals surface area contributed by atoms with E-state index in [0.717, 1.165) is 24.5 Å². The summed E-state index contributed by atoms with van der Waals surface area (Å²) in [4.78, 5) is 83.2. The number of nitrogens with zero attached hydrogens (tertiary/aromatic N) is 13. The van der Waals surface area contributed by atoms with E-state index in [0.29, 0.717) is 24.9 Å². The average molecular weight is 1430 g/mol. The minimum atomic E-state index is -1.40. The third-order valence-electron chi connectivity index (χ3n) is 15.7. The van der Waals surface area contributed by atoms with Gasteiger partial charge in [0.15, 0.2) is 22.0 Å². The Hall–Kier alpha value is -6.42. The van der Waals surface area contributed by atoms with Crippen molar-refractivity contribution in [2.75, 3.05) is 41.5 Å². The Balaban J connectivity index is 0.000000283. The quantitative estimate of drug-likeness (QED) is 0.0249. The number of carbonyl (C=O) groups is 3. The van der Waals surface area contributed by atoms with Gasteiger partial charge >= 0.3 is 13.2 Å². The maximum atomic E-state index is 15.8. The number of hydrogen-bond acceptors (Lipinski definition) is 18. The van der Waals surface area contributed by atoms with E-state index in [1.165, 1.54) is 73.2 Å². The van der Waals surface area contributed by atoms with E-state index in [4.69, 9.17) is 42.7 Å². The van der Waals surface area contributed by atoms with Crippen LogP contribution in [0.2, 0.25) is 25.7 Å². The summed E-state index contributed by atoms with van der Waals surface area (Å²) in [7, 11) is 4.55. The first-order chi connectivity index (χ1) is 41.3. The van der Waals surface area contributed by atoms with Crippen LogP contribution in [0.4, 0.5) is 34.0 Å². The fraction of sp³-hybridized carbons (Fsp3) is 0.525. The summed E-state index contributed by atoms with van der Waals surface area (Å²) in [6, 6.07) is 4.03. The molecule has 0 aromatic carbocycles. The highest BCUT2D eigenvalue weighted by molar-refractivity contribution is 14.1. The van der Waals surface area contributed by atoms with Gasteiger partial charge in [-0.15, -0.1) is 9.97 Å². The van der Waals surface area contributed by atoms with Crippen molar-refractivity contribution in [1.82, 2.24) is 44.6 Å². The SMILES string of the molecule is C.C.CN(C)C(=O)[C@]12C[C@H]1[C@@](C)(c1cc(B3OC(C)(C)C(C)(C)O3)cnc1F)N=C(N(COCC[Si](C)(C)C)C(=O)OC(C)(C)C)S2.[C-]#[N+]c1cnc(/C(F)=C/I)cn1.[C-]#[N+]c1cnc(/C(F)=C/c2cnc(F)c([C@@]3(C)N=C(N)S[C@@]4(C(=O)N(C)C)C[C@H]43)c2)cn1. The molecule has 1 saturated heterocycles. The molecule has 9 rings (SSSR count). The van der Waals surface area contributed by atoms with Gasteiger partial charge in [0, 0.05) is 87.8 Å². The lowest BCUT2D eigenvalue weighted by Crippen LogP contribution is -2.49. The second-order valence-electron chi connectivity index (χ2n) is 25.8. The van der Waals surface area contributed by atoms with Crippen LogP contribution in [-0.2, 0) is 39.4 Å². The molecule has 3 aliphatic heterocycles. The fourth-order valence-electron chi connectivity index (χ4n) is 10.1. The van der Waals surface area contributed by atoms with E-state index in [9.17, 15) is 27.6 Å². The number of hydrogen-bond donors (Lipinski definition) is 1. The number of pyridine rings is 2. The standard InChI is InChI=1S/C31H50BFN4O6SSi.C21H19F2N7OS.C7H3FIN3.2CH4/c1-27(2,3)41-26(39)37(19-40-14-15-45(11,12)13)25-35-30(8,22-17-31(22,44-25)24(38)36(9)10)21-16-20(18-34-23(21)33)32-42-28(4,5)29(6,7)43-32;1-20(15-7-21(15,18(31)30(3)4)32-19(24)29-20)12-5-11(8-28-17(12)23)6-13(22)14-9-27-16(25-2)10-26-14;1-10-7-4-11-6(3-12-7)5(8)2-9;;/h16,18,22H,14-15,17,19H2,1-13H3;5-6,8-10,15H,7H2,1,3-4H3,(H2,24,29);2-4H;2*1H4/b;13-6-;5-2-;;/t22-,30+,31-;15-,20+,21-;;;/m00.../s1. The van der Waals surface area contributed by atoms with E-state index < -0.39 is 82.2 Å². The highest BCUT2D eigenvalue weighted by Gasteiger charge is 2.73. The number of carbonyl (C=O) groups excluding carboxylic acids is 3. The molecular weight excluding hydrogens is 1350 g/mol. The van der Waals surface area contributed by atoms with Gasteiger partial charge in [-0.25, -0.2) is 28.4 Å². The third-order valence-corrected chi connectivity index (χ3v) is 20.8. The molecule has 4 aromatic heterocycles. The lowest BCUT2D eigenvalue weighted by Gasteiger charge is -2.38. The fourth-order valence-corrected chi connectivity index (χ4v) is 14.3. The van der Waals surface area contributed by atoms with Crippen LogP contribution in [-0.4, -0.2) is 156 Å². The first-order valence-electron chi connectivity index (χ1n) is 28.1. The summed E-state index contributed by atoms with van der Waals surface area (Å²) in [6.07, 6.45) is 8.82. The topological polar surface area (TPSA) is 235 Å². The highest BCUT2D eigenvalue weighted by Crippen LogP contribution is 2.68. The minimum Gasteiger partial charge on any atom is -0.443 e. The minimum absolute atomic E-state index is 0. The number of fused-ring (bicyclic) bond motifs is 2. The van der Waals surface area contributed by atoms with Crippen molar-refractivity contribution in [2.45, 2.75) is 153 Å². The van der Waals surface area contributed by atoms with Crippen molar-refractivity contribution < 1.29 is 50.7 Å². The predicted molar refractivity (Wildman–Crippen MR) is 361 cm³/mol. The molecule has 7 heterocycles. The number of ether oxygens (including phenoxy) is 2. The molecule has 4 aromatic rings. The number of amidine groups is 2. The number of halogens is 5. The van der Waals surface area contributed by atoms with E-state index in [1.807, 2.05) is 27.7 Å². The number of aromatic nitrogens is 6. The zero-order chi connectivity index (χ0) is 66.2. The van der Waals surface area contributed by atoms with Crippen molar-refractivity contribution in [1.29, 1.82) is 0 Å². The lowest BCUT2D eigenvalue weighted by atomic mass is 9.77. The van der Waals surface area contributed by atoms with Gasteiger partial charge in [-0.05, 0) is 121 Å². The van der Waals surface area contributed by atoms with Crippen molar-refractivity contribution in [3.63, 3.8) is 0 Å². The second-order valence-corrected chi connectivity index (χ2v) is 34.7. The van der Waals surface area contributed by atoms with E-state index in [-0.39, 0.29) is 95.3 Å². The van der Waals surface area contributed by atoms with E-state index >= 15 is 4.39 Å². The maximum absolute atomic E-state index is 15.8. The van der Waals surface area contributed by atoms with Crippen molar-refractivity contribution >= 4 is 124 Å². The molecule has 5 aliphatic rings. The monoisotopic (exact) mass is 1430 g/mol. The number of aliphatic imine (C=N–C) groups is 2. The molecule has 2 aliphatic carbocycles. The third kappa shape index (κ3) is 16.5. The molecule has 0 unspecified atom stereocenters. The molecule has 2 N–H and O–H groups in total. The summed E-state index contributed by atoms with van der Waals surface area (Å²) in [5.41, 5.74) is 2.93. The van der Waals surface area contributed by atoms with Gasteiger partial charge in [0.05, 0.1) is 34.7 Å². The van der Waals surface area contributed by atoms with Gasteiger partial charge in [0.2, 0.25) is 23.7 Å². The molecule has 21 nitrogen and oxygen atoms in total. The molecule has 0 radical (unpaired) electrons. The molecule has 0 spiro atoms. The number of thioether (sulfide) groups is 2. The van der Waals surface area contributed by atoms with Crippen molar-refractivity contribution in [3.8, 4) is 0 Å². The summed E-state index contributed by atoms with van der Waals surface area (Å²) < 4.78 is 81.9. The summed E-state index contributed by atoms with van der Waals surface area (Å²) in [5.74, 6) is -3.28. The first-order valence-corrected chi connectivity index (χ1v) is 34.6. The maximum Gasteiger partial charge on any atom is 0.496 e. The van der Waals surface area contributed by atoms with Crippen LogP contribution in [0.1, 0.15) is 118 Å². The molecule has 490 valence electrons. The van der Waals surface area contributed by atoms with E-state index in [1.54, 1.807) is 91.5 Å². The Labute approximate surface area is 554 Å². The van der Waals surface area contributed by atoms with Gasteiger partial charge < -0.3 is 44.0 Å². The largest absolute Gasteiger partial charge is 0.496 e.